The predicted molar refractivity (Wildman–Crippen MR) is 97.7 cm³/mol. The quantitative estimate of drug-likeness (QED) is 0.865. The van der Waals surface area contributed by atoms with E-state index in [9.17, 15) is 9.90 Å². The van der Waals surface area contributed by atoms with E-state index in [0.29, 0.717) is 53.3 Å². The van der Waals surface area contributed by atoms with Gasteiger partial charge in [0.1, 0.15) is 30.3 Å². The number of hydrogen-bond donors (Lipinski definition) is 1. The Hall–Kier alpha value is -1.96. The van der Waals surface area contributed by atoms with Crippen LogP contribution in [0, 0.1) is 0 Å². The van der Waals surface area contributed by atoms with Crippen LogP contribution in [0.3, 0.4) is 0 Å². The van der Waals surface area contributed by atoms with Crippen molar-refractivity contribution in [3.63, 3.8) is 0 Å². The summed E-state index contributed by atoms with van der Waals surface area (Å²) in [4.78, 5) is 14.7. The van der Waals surface area contributed by atoms with E-state index >= 15 is 0 Å². The maximum atomic E-state index is 12.5. The number of amides is 1. The average Bonchev–Trinajstić information content (AvgIpc) is 3.09. The number of nitrogens with zero attached hydrogens (tertiary/aromatic N) is 1. The first-order valence-corrected chi connectivity index (χ1v) is 9.65. The fraction of sp³-hybridized carbons (Fsp3) is 0.389. The van der Waals surface area contributed by atoms with Crippen molar-refractivity contribution in [3.8, 4) is 17.2 Å². The summed E-state index contributed by atoms with van der Waals surface area (Å²) in [6.07, 6.45) is -0.706. The van der Waals surface area contributed by atoms with Crippen molar-refractivity contribution in [2.75, 3.05) is 26.3 Å². The molecule has 8 heteroatoms. The monoisotopic (exact) mass is 395 g/mol. The van der Waals surface area contributed by atoms with Gasteiger partial charge in [0.25, 0.3) is 5.91 Å². The van der Waals surface area contributed by atoms with Gasteiger partial charge in [-0.15, -0.1) is 11.3 Å². The van der Waals surface area contributed by atoms with Crippen LogP contribution < -0.4 is 14.2 Å². The largest absolute Gasteiger partial charge is 0.486 e. The number of likely N-dealkylation sites (tertiary alicyclic amines) is 1. The Balaban J connectivity index is 1.44. The van der Waals surface area contributed by atoms with Gasteiger partial charge in [-0.05, 0) is 23.6 Å². The summed E-state index contributed by atoms with van der Waals surface area (Å²) in [5.74, 6) is 1.60. The Bertz CT molecular complexity index is 811. The van der Waals surface area contributed by atoms with Crippen LogP contribution >= 0.6 is 22.9 Å². The first-order valence-electron chi connectivity index (χ1n) is 8.39. The average molecular weight is 396 g/mol. The van der Waals surface area contributed by atoms with E-state index in [-0.39, 0.29) is 12.5 Å². The first kappa shape index (κ1) is 17.5. The second kappa shape index (κ2) is 7.34. The molecule has 2 atom stereocenters. The zero-order valence-electron chi connectivity index (χ0n) is 13.9. The molecule has 3 heterocycles. The maximum absolute atomic E-state index is 12.5. The smallest absolute Gasteiger partial charge is 0.265 e. The van der Waals surface area contributed by atoms with Crippen molar-refractivity contribution in [3.05, 3.63) is 39.5 Å². The van der Waals surface area contributed by atoms with Gasteiger partial charge in [-0.1, -0.05) is 17.7 Å². The maximum Gasteiger partial charge on any atom is 0.265 e. The second-order valence-corrected chi connectivity index (χ2v) is 7.46. The second-order valence-electron chi connectivity index (χ2n) is 6.14. The molecule has 0 bridgehead atoms. The lowest BCUT2D eigenvalue weighted by atomic mass is 10.0. The molecule has 1 N–H and O–H groups in total. The molecular weight excluding hydrogens is 378 g/mol. The van der Waals surface area contributed by atoms with Gasteiger partial charge in [-0.3, -0.25) is 4.79 Å². The summed E-state index contributed by atoms with van der Waals surface area (Å²) in [6, 6.07) is 7.14. The van der Waals surface area contributed by atoms with Crippen LogP contribution in [-0.4, -0.2) is 54.4 Å². The molecule has 1 fully saturated rings. The van der Waals surface area contributed by atoms with Gasteiger partial charge in [-0.25, -0.2) is 0 Å². The lowest BCUT2D eigenvalue weighted by Crippen LogP contribution is -2.51. The molecule has 2 aliphatic heterocycles. The van der Waals surface area contributed by atoms with E-state index in [2.05, 4.69) is 0 Å². The Labute approximate surface area is 159 Å². The van der Waals surface area contributed by atoms with Gasteiger partial charge < -0.3 is 24.2 Å². The Morgan fingerprint density at radius 1 is 1.31 bits per heavy atom. The van der Waals surface area contributed by atoms with Crippen LogP contribution in [-0.2, 0) is 0 Å². The number of hydrogen-bond acceptors (Lipinski definition) is 6. The van der Waals surface area contributed by atoms with Crippen molar-refractivity contribution in [2.45, 2.75) is 18.6 Å². The molecule has 6 nitrogen and oxygen atoms in total. The summed E-state index contributed by atoms with van der Waals surface area (Å²) < 4.78 is 17.2. The molecule has 2 aromatic rings. The lowest BCUT2D eigenvalue weighted by molar-refractivity contribution is -0.0213. The number of β-amino-alcohol motifs (C(OH)–C–C–N with tert-alkyl or cyclic N) is 1. The number of piperidine rings is 1. The third kappa shape index (κ3) is 3.34. The molecule has 1 aromatic carbocycles. The summed E-state index contributed by atoms with van der Waals surface area (Å²) in [6.45, 7) is 1.65. The number of benzene rings is 1. The van der Waals surface area contributed by atoms with Crippen molar-refractivity contribution < 1.29 is 24.1 Å². The minimum absolute atomic E-state index is 0.156. The van der Waals surface area contributed by atoms with Gasteiger partial charge in [-0.2, -0.15) is 0 Å². The van der Waals surface area contributed by atoms with Crippen LogP contribution in [0.1, 0.15) is 16.1 Å². The molecule has 1 saturated heterocycles. The number of carbonyl (C=O) groups is 1. The molecule has 1 amide bonds. The Morgan fingerprint density at radius 2 is 2.15 bits per heavy atom. The Kier molecular flexibility index (Phi) is 4.93. The third-order valence-electron chi connectivity index (χ3n) is 4.43. The Morgan fingerprint density at radius 3 is 2.92 bits per heavy atom. The molecule has 1 aromatic heterocycles. The van der Waals surface area contributed by atoms with Crippen molar-refractivity contribution >= 4 is 28.8 Å². The zero-order valence-corrected chi connectivity index (χ0v) is 15.5. The van der Waals surface area contributed by atoms with Crippen molar-refractivity contribution in [1.29, 1.82) is 0 Å². The van der Waals surface area contributed by atoms with Crippen LogP contribution in [0.5, 0.6) is 17.2 Å². The van der Waals surface area contributed by atoms with E-state index in [1.807, 2.05) is 12.1 Å². The molecular formula is C18H18ClNO5S. The first-order chi connectivity index (χ1) is 12.6. The normalized spacial score (nSPS) is 22.2. The topological polar surface area (TPSA) is 68.2 Å². The number of ether oxygens (including phenoxy) is 3. The molecule has 26 heavy (non-hydrogen) atoms. The van der Waals surface area contributed by atoms with Crippen LogP contribution in [0.25, 0.3) is 0 Å². The number of fused-ring (bicyclic) bond motifs is 1. The highest BCUT2D eigenvalue weighted by atomic mass is 35.5. The van der Waals surface area contributed by atoms with Crippen LogP contribution in [0.2, 0.25) is 5.02 Å². The van der Waals surface area contributed by atoms with Crippen LogP contribution in [0.4, 0.5) is 0 Å². The number of halogens is 1. The molecule has 0 aliphatic carbocycles. The molecule has 0 unspecified atom stereocenters. The van der Waals surface area contributed by atoms with Crippen molar-refractivity contribution in [1.82, 2.24) is 4.90 Å². The van der Waals surface area contributed by atoms with Gasteiger partial charge >= 0.3 is 0 Å². The van der Waals surface area contributed by atoms with E-state index in [0.717, 1.165) is 0 Å². The molecule has 0 radical (unpaired) electrons. The fourth-order valence-electron chi connectivity index (χ4n) is 3.12. The van der Waals surface area contributed by atoms with Crippen LogP contribution in [0.15, 0.2) is 29.6 Å². The van der Waals surface area contributed by atoms with E-state index in [4.69, 9.17) is 25.8 Å². The number of aliphatic hydroxyl groups excluding tert-OH is 1. The lowest BCUT2D eigenvalue weighted by Gasteiger charge is -2.36. The van der Waals surface area contributed by atoms with E-state index in [1.165, 1.54) is 11.3 Å². The third-order valence-corrected chi connectivity index (χ3v) is 5.76. The molecule has 2 aliphatic rings. The minimum Gasteiger partial charge on any atom is -0.486 e. The van der Waals surface area contributed by atoms with Crippen molar-refractivity contribution in [2.24, 2.45) is 0 Å². The number of thiophene rings is 1. The number of para-hydroxylation sites is 1. The summed E-state index contributed by atoms with van der Waals surface area (Å²) in [5, 5.41) is 12.7. The summed E-state index contributed by atoms with van der Waals surface area (Å²) >= 11 is 7.35. The number of aliphatic hydroxyl groups is 1. The highest BCUT2D eigenvalue weighted by Gasteiger charge is 2.34. The van der Waals surface area contributed by atoms with E-state index in [1.54, 1.807) is 22.4 Å². The minimum atomic E-state index is -0.799. The summed E-state index contributed by atoms with van der Waals surface area (Å²) in [7, 11) is 0. The zero-order chi connectivity index (χ0) is 18.1. The molecule has 4 rings (SSSR count). The van der Waals surface area contributed by atoms with Gasteiger partial charge in [0.05, 0.1) is 11.6 Å². The van der Waals surface area contributed by atoms with Gasteiger partial charge in [0.15, 0.2) is 11.5 Å². The molecule has 0 saturated carbocycles. The standard InChI is InChI=1S/C18H18ClNO5S/c19-11-5-9-26-17(11)18(22)20-6-4-13(12(21)10-20)25-15-3-1-2-14-16(15)24-8-7-23-14/h1-3,5,9,12-13,21H,4,6-8,10H2/t12-,13-/m1/s1. The highest BCUT2D eigenvalue weighted by Crippen LogP contribution is 2.40. The SMILES string of the molecule is O=C(c1sccc1Cl)N1CC[C@@H](Oc2cccc3c2OCCO3)[C@H](O)C1. The highest BCUT2D eigenvalue weighted by molar-refractivity contribution is 7.12. The number of rotatable bonds is 3. The fourth-order valence-corrected chi connectivity index (χ4v) is 4.23. The molecule has 138 valence electrons. The molecule has 0 spiro atoms. The van der Waals surface area contributed by atoms with Gasteiger partial charge in [0.2, 0.25) is 5.75 Å². The van der Waals surface area contributed by atoms with E-state index < -0.39 is 12.2 Å². The predicted octanol–water partition coefficient (Wildman–Crippen LogP) is 2.83. The summed E-state index contributed by atoms with van der Waals surface area (Å²) in [5.41, 5.74) is 0. The van der Waals surface area contributed by atoms with Gasteiger partial charge in [0, 0.05) is 13.0 Å². The number of carbonyl (C=O) groups excluding carboxylic acids is 1.